The zero-order valence-corrected chi connectivity index (χ0v) is 25.6. The maximum atomic E-state index is 12.5. The van der Waals surface area contributed by atoms with Crippen LogP contribution in [0.3, 0.4) is 0 Å². The molecular weight excluding hydrogens is 709 g/mol. The Morgan fingerprint density at radius 1 is 0.500 bits per heavy atom. The number of ether oxygens (including phenoxy) is 5. The summed E-state index contributed by atoms with van der Waals surface area (Å²) in [6, 6.07) is 0. The SMILES string of the molecule is O=P(O)(O)OP(=O)(O)OP(=O)(O)O[C@H]1[C@@H](O[C@H]2[C@H](O)[C@@H](O)[C@@H](O[C@H]3[C@H](O)[C@@H](O)[C@H](O)O[C@@H]3CO)O[C@@H]2CO)O[C@H](CO)[C@@H](O)[C@@H]1O. The molecule has 3 aliphatic heterocycles. The number of hydrogen-bond acceptors (Lipinski definition) is 21. The molecule has 272 valence electrons. The molecule has 0 aromatic heterocycles. The summed E-state index contributed by atoms with van der Waals surface area (Å²) in [4.78, 5) is 36.8. The molecule has 0 amide bonds. The van der Waals surface area contributed by atoms with Gasteiger partial charge in [0.25, 0.3) is 0 Å². The van der Waals surface area contributed by atoms with Crippen LogP contribution in [0.4, 0.5) is 0 Å². The molecule has 0 bridgehead atoms. The number of phosphoric acid groups is 3. The van der Waals surface area contributed by atoms with Gasteiger partial charge in [-0.25, -0.2) is 13.7 Å². The zero-order chi connectivity index (χ0) is 34.9. The number of phosphoric ester groups is 1. The Morgan fingerprint density at radius 3 is 1.48 bits per heavy atom. The fraction of sp³-hybridized carbons (Fsp3) is 1.00. The van der Waals surface area contributed by atoms with Gasteiger partial charge in [-0.1, -0.05) is 0 Å². The summed E-state index contributed by atoms with van der Waals surface area (Å²) in [5.74, 6) is 0. The van der Waals surface area contributed by atoms with E-state index in [0.29, 0.717) is 0 Å². The average Bonchev–Trinajstić information content (AvgIpc) is 2.94. The summed E-state index contributed by atoms with van der Waals surface area (Å²) in [5.41, 5.74) is 0. The highest BCUT2D eigenvalue weighted by molar-refractivity contribution is 7.66. The lowest BCUT2D eigenvalue weighted by Gasteiger charge is -2.48. The third-order valence-corrected chi connectivity index (χ3v) is 10.6. The van der Waals surface area contributed by atoms with Crippen molar-refractivity contribution < 1.29 is 121 Å². The van der Waals surface area contributed by atoms with Gasteiger partial charge in [0, 0.05) is 0 Å². The predicted molar refractivity (Wildman–Crippen MR) is 134 cm³/mol. The van der Waals surface area contributed by atoms with Crippen LogP contribution in [-0.2, 0) is 50.5 Å². The molecule has 0 radical (unpaired) electrons. The van der Waals surface area contributed by atoms with Crippen LogP contribution in [0, 0.1) is 0 Å². The lowest BCUT2D eigenvalue weighted by Crippen LogP contribution is -2.66. The Balaban J connectivity index is 1.83. The smallest absolute Gasteiger partial charge is 0.394 e. The minimum absolute atomic E-state index is 0.887. The van der Waals surface area contributed by atoms with E-state index in [1.165, 1.54) is 0 Å². The second-order valence-electron chi connectivity index (χ2n) is 10.0. The van der Waals surface area contributed by atoms with Gasteiger partial charge >= 0.3 is 23.5 Å². The van der Waals surface area contributed by atoms with Crippen molar-refractivity contribution in [3.63, 3.8) is 0 Å². The van der Waals surface area contributed by atoms with E-state index in [4.69, 9.17) is 33.5 Å². The largest absolute Gasteiger partial charge is 0.490 e. The first-order chi connectivity index (χ1) is 21.1. The van der Waals surface area contributed by atoms with Gasteiger partial charge in [0.05, 0.1) is 19.8 Å². The van der Waals surface area contributed by atoms with Crippen LogP contribution < -0.4 is 0 Å². The van der Waals surface area contributed by atoms with Crippen molar-refractivity contribution in [3.05, 3.63) is 0 Å². The molecule has 2 unspecified atom stereocenters. The molecule has 0 saturated carbocycles. The number of aliphatic hydroxyl groups excluding tert-OH is 10. The Bertz CT molecular complexity index is 1140. The summed E-state index contributed by atoms with van der Waals surface area (Å²) in [6.45, 7) is -3.02. The highest BCUT2D eigenvalue weighted by atomic mass is 31.3. The second-order valence-corrected chi connectivity index (χ2v) is 14.4. The summed E-state index contributed by atoms with van der Waals surface area (Å²) in [7, 11) is -17.9. The zero-order valence-electron chi connectivity index (χ0n) is 22.9. The minimum Gasteiger partial charge on any atom is -0.394 e. The van der Waals surface area contributed by atoms with E-state index < -0.39 is 135 Å². The molecule has 0 spiro atoms. The van der Waals surface area contributed by atoms with Crippen LogP contribution in [0.1, 0.15) is 0 Å². The van der Waals surface area contributed by atoms with Crippen LogP contribution in [0.2, 0.25) is 0 Å². The maximum Gasteiger partial charge on any atom is 0.490 e. The molecule has 3 aliphatic rings. The number of aliphatic hydroxyl groups is 10. The van der Waals surface area contributed by atoms with Crippen molar-refractivity contribution in [1.82, 2.24) is 0 Å². The van der Waals surface area contributed by atoms with Crippen LogP contribution >= 0.6 is 23.5 Å². The molecular formula is C18H35O25P3. The van der Waals surface area contributed by atoms with Gasteiger partial charge in [0.15, 0.2) is 18.9 Å². The predicted octanol–water partition coefficient (Wildman–Crippen LogP) is -7.22. The Labute approximate surface area is 257 Å². The van der Waals surface area contributed by atoms with Gasteiger partial charge in [-0.3, -0.25) is 4.52 Å². The molecule has 25 nitrogen and oxygen atoms in total. The Morgan fingerprint density at radius 2 is 0.957 bits per heavy atom. The third-order valence-electron chi connectivity index (χ3n) is 6.74. The van der Waals surface area contributed by atoms with E-state index in [1.54, 1.807) is 0 Å². The van der Waals surface area contributed by atoms with Gasteiger partial charge in [0.2, 0.25) is 0 Å². The van der Waals surface area contributed by atoms with Crippen molar-refractivity contribution in [2.45, 2.75) is 92.1 Å². The Hall–Kier alpha value is -0.190. The lowest BCUT2D eigenvalue weighted by molar-refractivity contribution is -0.376. The molecule has 0 aromatic carbocycles. The topological polar surface area (TPSA) is 408 Å². The monoisotopic (exact) mass is 744 g/mol. The first kappa shape index (κ1) is 40.2. The van der Waals surface area contributed by atoms with Crippen molar-refractivity contribution in [1.29, 1.82) is 0 Å². The van der Waals surface area contributed by atoms with Crippen molar-refractivity contribution >= 4 is 23.5 Å². The third kappa shape index (κ3) is 9.74. The summed E-state index contributed by atoms with van der Waals surface area (Å²) >= 11 is 0. The van der Waals surface area contributed by atoms with E-state index in [1.807, 2.05) is 0 Å². The van der Waals surface area contributed by atoms with E-state index >= 15 is 0 Å². The van der Waals surface area contributed by atoms with E-state index in [9.17, 15) is 74.5 Å². The van der Waals surface area contributed by atoms with Gasteiger partial charge < -0.3 is 94.3 Å². The summed E-state index contributed by atoms with van der Waals surface area (Å²) < 4.78 is 73.1. The number of rotatable bonds is 13. The fourth-order valence-electron chi connectivity index (χ4n) is 4.61. The first-order valence-corrected chi connectivity index (χ1v) is 17.4. The summed E-state index contributed by atoms with van der Waals surface area (Å²) in [6.07, 6.45) is -30.2. The molecule has 0 aromatic rings. The van der Waals surface area contributed by atoms with E-state index in [0.717, 1.165) is 0 Å². The second kappa shape index (κ2) is 15.8. The van der Waals surface area contributed by atoms with Gasteiger partial charge in [0.1, 0.15) is 73.2 Å². The van der Waals surface area contributed by atoms with Crippen LogP contribution in [0.15, 0.2) is 0 Å². The normalized spacial score (nSPS) is 45.1. The standard InChI is InChI=1S/C18H35O25P3/c19-1-4-7(22)8(23)15(41-45(32,33)43-46(34,35)42-44(29,30)31)18(37-4)40-14-6(3-21)38-17(12(27)10(14)25)39-13-5(2-20)36-16(28)11(26)9(13)24/h4-28H,1-3H2,(H,32,33)(H,34,35)(H2,29,30,31)/t4-,5-,6-,7-,8+,9-,10-,11-,12-,13-,14-,15-,16-,17-,18-/m1/s1. The molecule has 3 heterocycles. The maximum absolute atomic E-state index is 12.5. The van der Waals surface area contributed by atoms with Crippen LogP contribution in [0.5, 0.6) is 0 Å². The molecule has 28 heteroatoms. The van der Waals surface area contributed by atoms with Gasteiger partial charge in [-0.15, -0.1) is 0 Å². The average molecular weight is 744 g/mol. The van der Waals surface area contributed by atoms with Crippen molar-refractivity contribution in [2.24, 2.45) is 0 Å². The fourth-order valence-corrected chi connectivity index (χ4v) is 7.80. The van der Waals surface area contributed by atoms with Crippen LogP contribution in [0.25, 0.3) is 0 Å². The van der Waals surface area contributed by atoms with Gasteiger partial charge in [-0.05, 0) is 0 Å². The molecule has 14 N–H and O–H groups in total. The highest BCUT2D eigenvalue weighted by Gasteiger charge is 2.55. The highest BCUT2D eigenvalue weighted by Crippen LogP contribution is 2.67. The summed E-state index contributed by atoms with van der Waals surface area (Å²) in [5, 5.41) is 101. The molecule has 3 saturated heterocycles. The van der Waals surface area contributed by atoms with Crippen molar-refractivity contribution in [3.8, 4) is 0 Å². The van der Waals surface area contributed by atoms with Crippen molar-refractivity contribution in [2.75, 3.05) is 19.8 Å². The number of hydrogen-bond donors (Lipinski definition) is 14. The lowest BCUT2D eigenvalue weighted by atomic mass is 9.96. The molecule has 3 rings (SSSR count). The quantitative estimate of drug-likeness (QED) is 0.0779. The minimum atomic E-state index is -6.06. The molecule has 17 atom stereocenters. The first-order valence-electron chi connectivity index (χ1n) is 12.8. The van der Waals surface area contributed by atoms with E-state index in [-0.39, 0.29) is 0 Å². The molecule has 46 heavy (non-hydrogen) atoms. The Kier molecular flexibility index (Phi) is 13.8. The molecule has 3 fully saturated rings. The van der Waals surface area contributed by atoms with E-state index in [2.05, 4.69) is 13.1 Å². The molecule has 0 aliphatic carbocycles. The van der Waals surface area contributed by atoms with Crippen LogP contribution in [-0.4, -0.2) is 183 Å². The van der Waals surface area contributed by atoms with Gasteiger partial charge in [-0.2, -0.15) is 8.62 Å².